The van der Waals surface area contributed by atoms with Crippen LogP contribution >= 0.6 is 0 Å². The Morgan fingerprint density at radius 1 is 1.05 bits per heavy atom. The zero-order chi connectivity index (χ0) is 28.1. The number of benzene rings is 2. The van der Waals surface area contributed by atoms with Crippen molar-refractivity contribution in [2.75, 3.05) is 19.8 Å². The van der Waals surface area contributed by atoms with E-state index < -0.39 is 34.3 Å². The molecule has 39 heavy (non-hydrogen) atoms. The van der Waals surface area contributed by atoms with Gasteiger partial charge in [0.15, 0.2) is 0 Å². The monoisotopic (exact) mass is 534 g/mol. The van der Waals surface area contributed by atoms with Gasteiger partial charge in [0, 0.05) is 23.8 Å². The smallest absolute Gasteiger partial charge is 0.339 e. The van der Waals surface area contributed by atoms with Gasteiger partial charge in [-0.1, -0.05) is 24.3 Å². The molecule has 1 aromatic heterocycles. The number of para-hydroxylation sites is 1. The van der Waals surface area contributed by atoms with Crippen LogP contribution in [0.5, 0.6) is 5.75 Å². The number of ether oxygens (including phenoxy) is 3. The van der Waals surface area contributed by atoms with Gasteiger partial charge in [-0.25, -0.2) is 9.59 Å². The molecule has 4 rings (SSSR count). The summed E-state index contributed by atoms with van der Waals surface area (Å²) in [5.74, 6) is -3.22. The number of hydrogen-bond donors (Lipinski definition) is 0. The Hall–Kier alpha value is -4.80. The first kappa shape index (κ1) is 27.2. The fraction of sp³-hybridized carbons (Fsp3) is 0.286. The molecule has 202 valence electrons. The molecule has 0 amide bonds. The van der Waals surface area contributed by atoms with Gasteiger partial charge in [0.2, 0.25) is 0 Å². The van der Waals surface area contributed by atoms with Crippen molar-refractivity contribution in [3.63, 3.8) is 0 Å². The van der Waals surface area contributed by atoms with E-state index in [1.54, 1.807) is 51.1 Å². The van der Waals surface area contributed by atoms with Gasteiger partial charge in [-0.05, 0) is 38.5 Å². The minimum absolute atomic E-state index is 0.00766. The van der Waals surface area contributed by atoms with Crippen molar-refractivity contribution in [3.05, 3.63) is 92.0 Å². The zero-order valence-electron chi connectivity index (χ0n) is 21.5. The number of carbonyl (C=O) groups excluding carboxylic acids is 2. The third-order valence-corrected chi connectivity index (χ3v) is 6.17. The Kier molecular flexibility index (Phi) is 8.18. The predicted molar refractivity (Wildman–Crippen MR) is 141 cm³/mol. The van der Waals surface area contributed by atoms with E-state index in [-0.39, 0.29) is 42.5 Å². The predicted octanol–water partition coefficient (Wildman–Crippen LogP) is 4.33. The van der Waals surface area contributed by atoms with E-state index >= 15 is 0 Å². The van der Waals surface area contributed by atoms with Crippen LogP contribution in [0.1, 0.15) is 32.3 Å². The number of hydrogen-bond acceptors (Lipinski definition) is 10. The molecule has 1 aliphatic rings. The number of nitro groups is 1. The molecule has 11 heteroatoms. The van der Waals surface area contributed by atoms with Gasteiger partial charge >= 0.3 is 17.6 Å². The second-order valence-electron chi connectivity index (χ2n) is 8.61. The van der Waals surface area contributed by atoms with Gasteiger partial charge in [-0.2, -0.15) is 0 Å². The summed E-state index contributed by atoms with van der Waals surface area (Å²) in [5.41, 5.74) is 0.312. The Morgan fingerprint density at radius 2 is 1.79 bits per heavy atom. The number of esters is 2. The molecule has 1 aliphatic heterocycles. The molecule has 11 nitrogen and oxygen atoms in total. The lowest BCUT2D eigenvalue weighted by atomic mass is 9.75. The maximum absolute atomic E-state index is 13.4. The summed E-state index contributed by atoms with van der Waals surface area (Å²) in [7, 11) is 0. The van der Waals surface area contributed by atoms with E-state index in [0.29, 0.717) is 22.2 Å². The normalized spacial score (nSPS) is 16.9. The number of aliphatic imine (C=N–C) groups is 1. The second-order valence-corrected chi connectivity index (χ2v) is 8.61. The first-order chi connectivity index (χ1) is 18.7. The van der Waals surface area contributed by atoms with Crippen molar-refractivity contribution in [2.24, 2.45) is 10.9 Å². The quantitative estimate of drug-likeness (QED) is 0.169. The Balaban J connectivity index is 1.87. The van der Waals surface area contributed by atoms with Gasteiger partial charge in [0.1, 0.15) is 23.9 Å². The number of carbonyl (C=O) groups is 2. The standard InChI is InChI=1S/C28H26N2O9/c1-4-36-27(32)24-16(3)29-20(15-38-22-14-23(31)39-21-12-7-6-11-19(21)22)26(28(33)37-5-2)25(24)17-9-8-10-18(13-17)30(34)35/h6-14,24-25H,4-5,15H2,1-3H3. The molecule has 0 bridgehead atoms. The van der Waals surface area contributed by atoms with Crippen LogP contribution in [0, 0.1) is 16.0 Å². The molecular formula is C28H26N2O9. The lowest BCUT2D eigenvalue weighted by molar-refractivity contribution is -0.384. The van der Waals surface area contributed by atoms with Crippen molar-refractivity contribution < 1.29 is 33.1 Å². The van der Waals surface area contributed by atoms with Crippen LogP contribution in [0.4, 0.5) is 5.69 Å². The molecule has 3 aromatic rings. The third kappa shape index (κ3) is 5.71. The van der Waals surface area contributed by atoms with Crippen molar-refractivity contribution in [2.45, 2.75) is 26.7 Å². The highest BCUT2D eigenvalue weighted by atomic mass is 16.6. The SMILES string of the molecule is CCOC(=O)C1=C(COc2cc(=O)oc3ccccc23)N=C(C)C(C(=O)OCC)C1c1cccc([N+](=O)[O-])c1. The molecule has 0 spiro atoms. The van der Waals surface area contributed by atoms with Gasteiger partial charge in [-0.3, -0.25) is 19.9 Å². The van der Waals surface area contributed by atoms with Gasteiger partial charge in [0.05, 0.1) is 40.9 Å². The Morgan fingerprint density at radius 3 is 2.51 bits per heavy atom. The number of rotatable bonds is 9. The highest BCUT2D eigenvalue weighted by Crippen LogP contribution is 2.41. The molecule has 0 aliphatic carbocycles. The van der Waals surface area contributed by atoms with Crippen LogP contribution < -0.4 is 10.4 Å². The van der Waals surface area contributed by atoms with E-state index in [2.05, 4.69) is 4.99 Å². The maximum Gasteiger partial charge on any atom is 0.339 e. The van der Waals surface area contributed by atoms with Crippen molar-refractivity contribution >= 4 is 34.3 Å². The summed E-state index contributed by atoms with van der Waals surface area (Å²) in [6.07, 6.45) is 0. The first-order valence-corrected chi connectivity index (χ1v) is 12.3. The highest BCUT2D eigenvalue weighted by Gasteiger charge is 2.43. The summed E-state index contributed by atoms with van der Waals surface area (Å²) in [6.45, 7) is 4.75. The molecule has 0 saturated heterocycles. The van der Waals surface area contributed by atoms with Crippen molar-refractivity contribution in [1.29, 1.82) is 0 Å². The minimum Gasteiger partial charge on any atom is -0.486 e. The van der Waals surface area contributed by atoms with E-state index in [4.69, 9.17) is 18.6 Å². The molecule has 2 unspecified atom stereocenters. The molecular weight excluding hydrogens is 508 g/mol. The van der Waals surface area contributed by atoms with E-state index in [1.807, 2.05) is 0 Å². The van der Waals surface area contributed by atoms with E-state index in [0.717, 1.165) is 0 Å². The number of nitrogens with zero attached hydrogens (tertiary/aromatic N) is 2. The molecule has 0 fully saturated rings. The summed E-state index contributed by atoms with van der Waals surface area (Å²) < 4.78 is 21.8. The lowest BCUT2D eigenvalue weighted by Crippen LogP contribution is -2.37. The topological polar surface area (TPSA) is 148 Å². The zero-order valence-corrected chi connectivity index (χ0v) is 21.5. The summed E-state index contributed by atoms with van der Waals surface area (Å²) in [6, 6.07) is 13.7. The molecule has 0 radical (unpaired) electrons. The average Bonchev–Trinajstić information content (AvgIpc) is 2.91. The number of non-ortho nitro benzene ring substituents is 1. The van der Waals surface area contributed by atoms with Crippen LogP contribution in [0.25, 0.3) is 11.0 Å². The summed E-state index contributed by atoms with van der Waals surface area (Å²) >= 11 is 0. The first-order valence-electron chi connectivity index (χ1n) is 12.3. The highest BCUT2D eigenvalue weighted by molar-refractivity contribution is 6.07. The summed E-state index contributed by atoms with van der Waals surface area (Å²) in [4.78, 5) is 54.1. The molecule has 2 atom stereocenters. The van der Waals surface area contributed by atoms with Crippen LogP contribution in [-0.2, 0) is 19.1 Å². The lowest BCUT2D eigenvalue weighted by Gasteiger charge is -2.32. The molecule has 0 N–H and O–H groups in total. The fourth-order valence-electron chi connectivity index (χ4n) is 4.57. The van der Waals surface area contributed by atoms with Gasteiger partial charge in [-0.15, -0.1) is 0 Å². The number of fused-ring (bicyclic) bond motifs is 1. The second kappa shape index (κ2) is 11.7. The van der Waals surface area contributed by atoms with Crippen molar-refractivity contribution in [1.82, 2.24) is 0 Å². The van der Waals surface area contributed by atoms with Crippen LogP contribution in [0.3, 0.4) is 0 Å². The fourth-order valence-corrected chi connectivity index (χ4v) is 4.57. The largest absolute Gasteiger partial charge is 0.486 e. The van der Waals surface area contributed by atoms with E-state index in [1.165, 1.54) is 24.3 Å². The van der Waals surface area contributed by atoms with Crippen LogP contribution in [-0.4, -0.2) is 42.4 Å². The average molecular weight is 535 g/mol. The van der Waals surface area contributed by atoms with Crippen LogP contribution in [0.2, 0.25) is 0 Å². The Bertz CT molecular complexity index is 1550. The van der Waals surface area contributed by atoms with Gasteiger partial charge in [0.25, 0.3) is 5.69 Å². The Labute approximate surface area is 222 Å². The van der Waals surface area contributed by atoms with E-state index in [9.17, 15) is 24.5 Å². The third-order valence-electron chi connectivity index (χ3n) is 6.17. The molecule has 2 aromatic carbocycles. The minimum atomic E-state index is -1.04. The number of nitro benzene ring substituents is 1. The maximum atomic E-state index is 13.4. The van der Waals surface area contributed by atoms with Crippen LogP contribution in [0.15, 0.2) is 80.1 Å². The molecule has 0 saturated carbocycles. The van der Waals surface area contributed by atoms with Crippen molar-refractivity contribution in [3.8, 4) is 5.75 Å². The molecule has 2 heterocycles. The summed E-state index contributed by atoms with van der Waals surface area (Å²) in [5, 5.41) is 12.1. The van der Waals surface area contributed by atoms with Gasteiger partial charge < -0.3 is 18.6 Å².